The molecule has 0 aromatic carbocycles. The molecule has 1 aromatic heterocycles. The molecule has 0 unspecified atom stereocenters. The maximum absolute atomic E-state index is 11.5. The number of carbonyl (C=O) groups is 1. The second-order valence-electron chi connectivity index (χ2n) is 5.92. The van der Waals surface area contributed by atoms with Crippen LogP contribution in [0.25, 0.3) is 0 Å². The van der Waals surface area contributed by atoms with Gasteiger partial charge in [0.25, 0.3) is 0 Å². The Kier molecular flexibility index (Phi) is 4.42. The summed E-state index contributed by atoms with van der Waals surface area (Å²) in [5.41, 5.74) is 6.86. The number of carbonyl (C=O) groups excluding carboxylic acids is 1. The Balaban J connectivity index is 1.77. The number of anilines is 2. The molecule has 7 nitrogen and oxygen atoms in total. The molecule has 1 amide bonds. The SMILES string of the molecule is CC(=O)N1CCCN(c2cc([C@@H]3CCOC3)nc(N)n2)CC1. The maximum Gasteiger partial charge on any atom is 0.222 e. The number of amides is 1. The van der Waals surface area contributed by atoms with E-state index in [0.29, 0.717) is 18.5 Å². The molecule has 0 spiro atoms. The quantitative estimate of drug-likeness (QED) is 0.862. The van der Waals surface area contributed by atoms with Crippen LogP contribution in [0.5, 0.6) is 0 Å². The number of rotatable bonds is 2. The maximum atomic E-state index is 11.5. The normalized spacial score (nSPS) is 22.7. The molecule has 7 heteroatoms. The Bertz CT molecular complexity index is 545. The molecule has 2 fully saturated rings. The van der Waals surface area contributed by atoms with E-state index in [1.54, 1.807) is 6.92 Å². The number of aromatic nitrogens is 2. The van der Waals surface area contributed by atoms with Gasteiger partial charge in [-0.15, -0.1) is 0 Å². The predicted octanol–water partition coefficient (Wildman–Crippen LogP) is 0.621. The fraction of sp³-hybridized carbons (Fsp3) is 0.667. The zero-order chi connectivity index (χ0) is 15.5. The van der Waals surface area contributed by atoms with Crippen LogP contribution in [0.1, 0.15) is 31.4 Å². The van der Waals surface area contributed by atoms with Gasteiger partial charge < -0.3 is 20.3 Å². The van der Waals surface area contributed by atoms with E-state index < -0.39 is 0 Å². The van der Waals surface area contributed by atoms with E-state index in [9.17, 15) is 4.79 Å². The lowest BCUT2D eigenvalue weighted by atomic mass is 10.0. The molecule has 0 aliphatic carbocycles. The minimum absolute atomic E-state index is 0.132. The highest BCUT2D eigenvalue weighted by Gasteiger charge is 2.23. The monoisotopic (exact) mass is 305 g/mol. The van der Waals surface area contributed by atoms with E-state index >= 15 is 0 Å². The standard InChI is InChI=1S/C15H23N5O2/c1-11(21)19-4-2-5-20(7-6-19)14-9-13(17-15(16)18-14)12-3-8-22-10-12/h9,12H,2-8,10H2,1H3,(H2,16,17,18)/t12-/m1/s1. The molecule has 3 heterocycles. The van der Waals surface area contributed by atoms with E-state index in [0.717, 1.165) is 57.1 Å². The summed E-state index contributed by atoms with van der Waals surface area (Å²) in [7, 11) is 0. The van der Waals surface area contributed by atoms with Crippen molar-refractivity contribution in [3.8, 4) is 0 Å². The highest BCUT2D eigenvalue weighted by Crippen LogP contribution is 2.27. The molecule has 0 bridgehead atoms. The molecule has 2 saturated heterocycles. The Morgan fingerprint density at radius 2 is 2.18 bits per heavy atom. The summed E-state index contributed by atoms with van der Waals surface area (Å²) in [6.45, 7) is 6.28. The average Bonchev–Trinajstić information content (AvgIpc) is 2.90. The number of ether oxygens (including phenoxy) is 1. The summed E-state index contributed by atoms with van der Waals surface area (Å²) in [6, 6.07) is 2.03. The summed E-state index contributed by atoms with van der Waals surface area (Å²) in [6.07, 6.45) is 1.92. The molecular weight excluding hydrogens is 282 g/mol. The molecule has 22 heavy (non-hydrogen) atoms. The van der Waals surface area contributed by atoms with Gasteiger partial charge in [0.2, 0.25) is 11.9 Å². The summed E-state index contributed by atoms with van der Waals surface area (Å²) in [4.78, 5) is 24.4. The Morgan fingerprint density at radius 3 is 2.91 bits per heavy atom. The van der Waals surface area contributed by atoms with Gasteiger partial charge in [0.05, 0.1) is 12.3 Å². The summed E-state index contributed by atoms with van der Waals surface area (Å²) >= 11 is 0. The number of nitrogens with zero attached hydrogens (tertiary/aromatic N) is 4. The van der Waals surface area contributed by atoms with Crippen molar-refractivity contribution in [2.75, 3.05) is 50.0 Å². The van der Waals surface area contributed by atoms with Gasteiger partial charge in [0, 0.05) is 51.7 Å². The summed E-state index contributed by atoms with van der Waals surface area (Å²) < 4.78 is 5.44. The van der Waals surface area contributed by atoms with Crippen LogP contribution in [-0.4, -0.2) is 60.2 Å². The van der Waals surface area contributed by atoms with Crippen LogP contribution in [0.4, 0.5) is 11.8 Å². The highest BCUT2D eigenvalue weighted by atomic mass is 16.5. The Morgan fingerprint density at radius 1 is 1.32 bits per heavy atom. The fourth-order valence-electron chi connectivity index (χ4n) is 3.07. The molecule has 0 saturated carbocycles. The number of nitrogen functional groups attached to an aromatic ring is 1. The first-order valence-corrected chi connectivity index (χ1v) is 7.86. The minimum atomic E-state index is 0.132. The first-order chi connectivity index (χ1) is 10.6. The molecule has 2 aliphatic heterocycles. The third kappa shape index (κ3) is 3.30. The highest BCUT2D eigenvalue weighted by molar-refractivity contribution is 5.73. The third-order valence-corrected chi connectivity index (χ3v) is 4.36. The first-order valence-electron chi connectivity index (χ1n) is 7.86. The van der Waals surface area contributed by atoms with Crippen LogP contribution in [0, 0.1) is 0 Å². The smallest absolute Gasteiger partial charge is 0.222 e. The second kappa shape index (κ2) is 6.48. The van der Waals surface area contributed by atoms with E-state index in [-0.39, 0.29) is 5.91 Å². The van der Waals surface area contributed by atoms with Crippen molar-refractivity contribution < 1.29 is 9.53 Å². The van der Waals surface area contributed by atoms with E-state index in [2.05, 4.69) is 14.9 Å². The molecule has 1 atom stereocenters. The van der Waals surface area contributed by atoms with Crippen molar-refractivity contribution in [3.63, 3.8) is 0 Å². The van der Waals surface area contributed by atoms with Crippen molar-refractivity contribution >= 4 is 17.7 Å². The van der Waals surface area contributed by atoms with Crippen molar-refractivity contribution in [3.05, 3.63) is 11.8 Å². The Labute approximate surface area is 130 Å². The van der Waals surface area contributed by atoms with Crippen LogP contribution in [0.15, 0.2) is 6.07 Å². The lowest BCUT2D eigenvalue weighted by Crippen LogP contribution is -2.34. The Hall–Kier alpha value is -1.89. The van der Waals surface area contributed by atoms with Crippen LogP contribution >= 0.6 is 0 Å². The topological polar surface area (TPSA) is 84.6 Å². The molecule has 120 valence electrons. The van der Waals surface area contributed by atoms with Crippen molar-refractivity contribution in [2.45, 2.75) is 25.7 Å². The van der Waals surface area contributed by atoms with E-state index in [4.69, 9.17) is 10.5 Å². The molecule has 1 aromatic rings. The molecular formula is C15H23N5O2. The molecule has 0 radical (unpaired) electrons. The zero-order valence-electron chi connectivity index (χ0n) is 13.0. The fourth-order valence-corrected chi connectivity index (χ4v) is 3.07. The largest absolute Gasteiger partial charge is 0.381 e. The molecule has 3 rings (SSSR count). The summed E-state index contributed by atoms with van der Waals surface area (Å²) in [5.74, 6) is 1.62. The third-order valence-electron chi connectivity index (χ3n) is 4.36. The minimum Gasteiger partial charge on any atom is -0.381 e. The predicted molar refractivity (Wildman–Crippen MR) is 83.7 cm³/mol. The van der Waals surface area contributed by atoms with E-state index in [1.807, 2.05) is 11.0 Å². The van der Waals surface area contributed by atoms with Crippen molar-refractivity contribution in [2.24, 2.45) is 0 Å². The van der Waals surface area contributed by atoms with Crippen LogP contribution in [0.3, 0.4) is 0 Å². The van der Waals surface area contributed by atoms with Gasteiger partial charge in [-0.25, -0.2) is 4.98 Å². The lowest BCUT2D eigenvalue weighted by Gasteiger charge is -2.23. The van der Waals surface area contributed by atoms with Crippen molar-refractivity contribution in [1.29, 1.82) is 0 Å². The average molecular weight is 305 g/mol. The second-order valence-corrected chi connectivity index (χ2v) is 5.92. The molecule has 2 aliphatic rings. The number of hydrogen-bond acceptors (Lipinski definition) is 6. The van der Waals surface area contributed by atoms with Gasteiger partial charge in [-0.3, -0.25) is 4.79 Å². The van der Waals surface area contributed by atoms with Gasteiger partial charge in [0.1, 0.15) is 5.82 Å². The van der Waals surface area contributed by atoms with E-state index in [1.165, 1.54) is 0 Å². The summed E-state index contributed by atoms with van der Waals surface area (Å²) in [5, 5.41) is 0. The lowest BCUT2D eigenvalue weighted by molar-refractivity contribution is -0.128. The number of hydrogen-bond donors (Lipinski definition) is 1. The van der Waals surface area contributed by atoms with Gasteiger partial charge in [-0.05, 0) is 12.8 Å². The first kappa shape index (κ1) is 15.0. The van der Waals surface area contributed by atoms with Gasteiger partial charge in [-0.1, -0.05) is 0 Å². The van der Waals surface area contributed by atoms with Gasteiger partial charge in [-0.2, -0.15) is 4.98 Å². The van der Waals surface area contributed by atoms with Gasteiger partial charge in [0.15, 0.2) is 0 Å². The number of nitrogens with two attached hydrogens (primary N) is 1. The van der Waals surface area contributed by atoms with Crippen molar-refractivity contribution in [1.82, 2.24) is 14.9 Å². The van der Waals surface area contributed by atoms with Crippen LogP contribution in [0.2, 0.25) is 0 Å². The molecule has 2 N–H and O–H groups in total. The van der Waals surface area contributed by atoms with Crippen LogP contribution in [-0.2, 0) is 9.53 Å². The van der Waals surface area contributed by atoms with Gasteiger partial charge >= 0.3 is 0 Å². The van der Waals surface area contributed by atoms with Crippen LogP contribution < -0.4 is 10.6 Å². The zero-order valence-corrected chi connectivity index (χ0v) is 13.0.